The van der Waals surface area contributed by atoms with Crippen LogP contribution in [0.5, 0.6) is 0 Å². The van der Waals surface area contributed by atoms with Crippen LogP contribution in [-0.4, -0.2) is 12.6 Å². The van der Waals surface area contributed by atoms with Gasteiger partial charge in [-0.15, -0.1) is 6.58 Å². The molecule has 0 heterocycles. The molecule has 0 radical (unpaired) electrons. The second-order valence-electron chi connectivity index (χ2n) is 2.68. The molecular weight excluding hydrogens is 166 g/mol. The van der Waals surface area contributed by atoms with Crippen LogP contribution in [0.15, 0.2) is 12.7 Å². The fraction of sp³-hybridized carbons (Fsp3) is 0.667. The van der Waals surface area contributed by atoms with Crippen molar-refractivity contribution in [3.8, 4) is 0 Å². The molecule has 0 aliphatic heterocycles. The third kappa shape index (κ3) is 35.7. The highest BCUT2D eigenvalue weighted by Gasteiger charge is 1.84. The fourth-order valence-electron chi connectivity index (χ4n) is 0.787. The molecule has 0 spiro atoms. The van der Waals surface area contributed by atoms with Crippen molar-refractivity contribution in [3.05, 3.63) is 12.7 Å². The Hall–Kier alpha value is -1.03. The van der Waals surface area contributed by atoms with Crippen molar-refractivity contribution in [2.75, 3.05) is 6.54 Å². The van der Waals surface area contributed by atoms with Crippen molar-refractivity contribution in [2.45, 2.75) is 32.1 Å². The number of urea groups is 1. The number of allylic oxidation sites excluding steroid dienone is 1. The first kappa shape index (κ1) is 14.5. The van der Waals surface area contributed by atoms with Crippen molar-refractivity contribution in [2.24, 2.45) is 17.2 Å². The second kappa shape index (κ2) is 13.6. The summed E-state index contributed by atoms with van der Waals surface area (Å²) in [6.45, 7) is 4.50. The number of hydrogen-bond acceptors (Lipinski definition) is 2. The summed E-state index contributed by atoms with van der Waals surface area (Å²) in [6, 6.07) is -0.833. The smallest absolute Gasteiger partial charge is 0.309 e. The monoisotopic (exact) mass is 187 g/mol. The van der Waals surface area contributed by atoms with Crippen LogP contribution in [0.4, 0.5) is 4.79 Å². The number of primary amides is 2. The summed E-state index contributed by atoms with van der Waals surface area (Å²) in [4.78, 5) is 9.00. The number of carbonyl (C=O) groups excluding carboxylic acids is 1. The Morgan fingerprint density at radius 2 is 1.62 bits per heavy atom. The van der Waals surface area contributed by atoms with E-state index in [-0.39, 0.29) is 0 Å². The minimum absolute atomic E-state index is 0.833. The topological polar surface area (TPSA) is 95.1 Å². The Bertz CT molecular complexity index is 122. The van der Waals surface area contributed by atoms with Gasteiger partial charge in [-0.3, -0.25) is 0 Å². The third-order valence-corrected chi connectivity index (χ3v) is 1.36. The van der Waals surface area contributed by atoms with Gasteiger partial charge in [-0.1, -0.05) is 18.9 Å². The Morgan fingerprint density at radius 1 is 1.15 bits per heavy atom. The van der Waals surface area contributed by atoms with E-state index < -0.39 is 6.03 Å². The van der Waals surface area contributed by atoms with E-state index in [0.717, 1.165) is 13.0 Å². The van der Waals surface area contributed by atoms with E-state index in [9.17, 15) is 0 Å². The molecule has 13 heavy (non-hydrogen) atoms. The van der Waals surface area contributed by atoms with Crippen LogP contribution in [-0.2, 0) is 0 Å². The number of nitrogens with two attached hydrogens (primary N) is 3. The maximum absolute atomic E-state index is 9.00. The summed E-state index contributed by atoms with van der Waals surface area (Å²) in [7, 11) is 0. The van der Waals surface area contributed by atoms with E-state index in [4.69, 9.17) is 10.5 Å². The molecular formula is C9H21N3O. The van der Waals surface area contributed by atoms with E-state index in [2.05, 4.69) is 18.0 Å². The van der Waals surface area contributed by atoms with Gasteiger partial charge in [0.1, 0.15) is 0 Å². The molecule has 78 valence electrons. The van der Waals surface area contributed by atoms with Crippen LogP contribution in [0.2, 0.25) is 0 Å². The molecule has 0 bridgehead atoms. The molecule has 6 N–H and O–H groups in total. The molecule has 2 amide bonds. The van der Waals surface area contributed by atoms with E-state index in [1.165, 1.54) is 25.7 Å². The van der Waals surface area contributed by atoms with Gasteiger partial charge in [0, 0.05) is 0 Å². The van der Waals surface area contributed by atoms with Crippen molar-refractivity contribution < 1.29 is 4.79 Å². The molecule has 0 saturated carbocycles. The van der Waals surface area contributed by atoms with E-state index >= 15 is 0 Å². The quantitative estimate of drug-likeness (QED) is 0.429. The standard InChI is InChI=1S/C8H17N.CH4N2O/c1-2-3-4-5-6-7-8-9;2-1(3)4/h2H,1,3-9H2;(H4,2,3,4). The predicted octanol–water partition coefficient (Wildman–Crippen LogP) is 1.11. The molecule has 0 atom stereocenters. The molecule has 0 rings (SSSR count). The number of amides is 2. The minimum Gasteiger partial charge on any atom is -0.352 e. The average molecular weight is 187 g/mol. The summed E-state index contributed by atoms with van der Waals surface area (Å²) >= 11 is 0. The summed E-state index contributed by atoms with van der Waals surface area (Å²) in [5.74, 6) is 0. The third-order valence-electron chi connectivity index (χ3n) is 1.36. The van der Waals surface area contributed by atoms with Gasteiger partial charge < -0.3 is 17.2 Å². The Balaban J connectivity index is 0. The molecule has 0 aliphatic rings. The lowest BCUT2D eigenvalue weighted by molar-refractivity contribution is 0.256. The molecule has 4 nitrogen and oxygen atoms in total. The normalized spacial score (nSPS) is 8.38. The lowest BCUT2D eigenvalue weighted by Crippen LogP contribution is -2.18. The first-order chi connectivity index (χ1) is 6.15. The highest BCUT2D eigenvalue weighted by atomic mass is 16.2. The number of unbranched alkanes of at least 4 members (excludes halogenated alkanes) is 4. The summed E-state index contributed by atoms with van der Waals surface area (Å²) < 4.78 is 0. The van der Waals surface area contributed by atoms with Crippen molar-refractivity contribution in [3.63, 3.8) is 0 Å². The van der Waals surface area contributed by atoms with Crippen LogP contribution in [0.25, 0.3) is 0 Å². The summed E-state index contributed by atoms with van der Waals surface area (Å²) in [5, 5.41) is 0. The fourth-order valence-corrected chi connectivity index (χ4v) is 0.787. The van der Waals surface area contributed by atoms with Crippen molar-refractivity contribution in [1.29, 1.82) is 0 Å². The molecule has 0 unspecified atom stereocenters. The molecule has 0 fully saturated rings. The molecule has 0 aliphatic carbocycles. The molecule has 0 saturated heterocycles. The number of rotatable bonds is 6. The van der Waals surface area contributed by atoms with Gasteiger partial charge in [-0.25, -0.2) is 4.79 Å². The maximum Gasteiger partial charge on any atom is 0.309 e. The molecule has 0 aromatic heterocycles. The highest BCUT2D eigenvalue weighted by molar-refractivity contribution is 5.69. The van der Waals surface area contributed by atoms with Gasteiger partial charge in [-0.05, 0) is 25.8 Å². The van der Waals surface area contributed by atoms with Gasteiger partial charge in [0.05, 0.1) is 0 Å². The van der Waals surface area contributed by atoms with Gasteiger partial charge in [0.15, 0.2) is 0 Å². The molecule has 0 aromatic carbocycles. The number of carbonyl (C=O) groups is 1. The zero-order valence-electron chi connectivity index (χ0n) is 8.17. The molecule has 4 heteroatoms. The highest BCUT2D eigenvalue weighted by Crippen LogP contribution is 2.01. The van der Waals surface area contributed by atoms with E-state index in [1.54, 1.807) is 0 Å². The van der Waals surface area contributed by atoms with Crippen LogP contribution < -0.4 is 17.2 Å². The average Bonchev–Trinajstić information content (AvgIpc) is 2.03. The van der Waals surface area contributed by atoms with Crippen LogP contribution in [0.3, 0.4) is 0 Å². The summed E-state index contributed by atoms with van der Waals surface area (Å²) in [5.41, 5.74) is 13.8. The lowest BCUT2D eigenvalue weighted by atomic mass is 10.1. The predicted molar refractivity (Wildman–Crippen MR) is 56.1 cm³/mol. The minimum atomic E-state index is -0.833. The first-order valence-electron chi connectivity index (χ1n) is 4.51. The van der Waals surface area contributed by atoms with E-state index in [0.29, 0.717) is 0 Å². The molecule has 0 aromatic rings. The van der Waals surface area contributed by atoms with Gasteiger partial charge in [0.25, 0.3) is 0 Å². The van der Waals surface area contributed by atoms with Crippen LogP contribution >= 0.6 is 0 Å². The Kier molecular flexibility index (Phi) is 15.1. The van der Waals surface area contributed by atoms with E-state index in [1.807, 2.05) is 6.08 Å². The second-order valence-corrected chi connectivity index (χ2v) is 2.68. The Labute approximate surface area is 80.2 Å². The number of hydrogen-bond donors (Lipinski definition) is 3. The summed E-state index contributed by atoms with van der Waals surface area (Å²) in [6.07, 6.45) is 8.18. The van der Waals surface area contributed by atoms with Crippen molar-refractivity contribution in [1.82, 2.24) is 0 Å². The lowest BCUT2D eigenvalue weighted by Gasteiger charge is -1.94. The first-order valence-corrected chi connectivity index (χ1v) is 4.51. The Morgan fingerprint density at radius 3 is 2.00 bits per heavy atom. The maximum atomic E-state index is 9.00. The van der Waals surface area contributed by atoms with Crippen molar-refractivity contribution >= 4 is 6.03 Å². The van der Waals surface area contributed by atoms with Gasteiger partial charge in [-0.2, -0.15) is 0 Å². The van der Waals surface area contributed by atoms with Gasteiger partial charge in [0.2, 0.25) is 0 Å². The van der Waals surface area contributed by atoms with Crippen LogP contribution in [0, 0.1) is 0 Å². The van der Waals surface area contributed by atoms with Gasteiger partial charge >= 0.3 is 6.03 Å². The largest absolute Gasteiger partial charge is 0.352 e. The van der Waals surface area contributed by atoms with Crippen LogP contribution in [0.1, 0.15) is 32.1 Å². The zero-order valence-corrected chi connectivity index (χ0v) is 8.17. The SMILES string of the molecule is C=CCCCCCCN.NC(N)=O. The zero-order chi connectivity index (χ0) is 10.5.